The van der Waals surface area contributed by atoms with Crippen LogP contribution in [0.3, 0.4) is 0 Å². The SMILES string of the molecule is CC(=O)Nc1cccc(N(CC(=O)Nc2ccc(OC(C)C)cc2)C(C)=O)c1. The number of nitrogens with zero attached hydrogens (tertiary/aromatic N) is 1. The molecule has 0 bridgehead atoms. The maximum Gasteiger partial charge on any atom is 0.244 e. The van der Waals surface area contributed by atoms with Gasteiger partial charge in [-0.2, -0.15) is 0 Å². The molecule has 0 spiro atoms. The van der Waals surface area contributed by atoms with E-state index in [4.69, 9.17) is 4.74 Å². The molecule has 0 radical (unpaired) electrons. The fourth-order valence-electron chi connectivity index (χ4n) is 2.57. The van der Waals surface area contributed by atoms with Crippen LogP contribution >= 0.6 is 0 Å². The second-order valence-corrected chi connectivity index (χ2v) is 6.58. The number of carbonyl (C=O) groups is 3. The standard InChI is InChI=1S/C21H25N3O4/c1-14(2)28-20-10-8-17(9-11-20)23-21(27)13-24(16(4)26)19-7-5-6-18(12-19)22-15(3)25/h5-12,14H,13H2,1-4H3,(H,22,25)(H,23,27). The maximum absolute atomic E-state index is 12.4. The minimum absolute atomic E-state index is 0.0674. The number of hydrogen-bond acceptors (Lipinski definition) is 4. The van der Waals surface area contributed by atoms with Crippen LogP contribution < -0.4 is 20.3 Å². The number of anilines is 3. The van der Waals surface area contributed by atoms with E-state index < -0.39 is 0 Å². The van der Waals surface area contributed by atoms with Gasteiger partial charge in [-0.3, -0.25) is 14.4 Å². The number of ether oxygens (including phenoxy) is 1. The van der Waals surface area contributed by atoms with Gasteiger partial charge in [0.1, 0.15) is 12.3 Å². The van der Waals surface area contributed by atoms with Crippen molar-refractivity contribution >= 4 is 34.8 Å². The molecule has 0 aliphatic carbocycles. The Kier molecular flexibility index (Phi) is 7.14. The minimum Gasteiger partial charge on any atom is -0.491 e. The van der Waals surface area contributed by atoms with Gasteiger partial charge in [0.2, 0.25) is 17.7 Å². The van der Waals surface area contributed by atoms with Gasteiger partial charge in [0.25, 0.3) is 0 Å². The third-order valence-electron chi connectivity index (χ3n) is 3.67. The molecular weight excluding hydrogens is 358 g/mol. The molecule has 0 aliphatic heterocycles. The monoisotopic (exact) mass is 383 g/mol. The molecule has 0 fully saturated rings. The Morgan fingerprint density at radius 3 is 2.21 bits per heavy atom. The molecule has 0 saturated carbocycles. The third kappa shape index (κ3) is 6.42. The summed E-state index contributed by atoms with van der Waals surface area (Å²) in [7, 11) is 0. The van der Waals surface area contributed by atoms with Crippen molar-refractivity contribution in [2.75, 3.05) is 22.1 Å². The van der Waals surface area contributed by atoms with Gasteiger partial charge in [-0.15, -0.1) is 0 Å². The van der Waals surface area contributed by atoms with E-state index in [-0.39, 0.29) is 30.4 Å². The van der Waals surface area contributed by atoms with Gasteiger partial charge < -0.3 is 20.3 Å². The van der Waals surface area contributed by atoms with E-state index in [2.05, 4.69) is 10.6 Å². The van der Waals surface area contributed by atoms with E-state index in [1.54, 1.807) is 48.5 Å². The first kappa shape index (κ1) is 21.0. The van der Waals surface area contributed by atoms with Gasteiger partial charge in [0, 0.05) is 30.9 Å². The molecule has 0 atom stereocenters. The van der Waals surface area contributed by atoms with E-state index in [1.165, 1.54) is 18.7 Å². The number of nitrogens with one attached hydrogen (secondary N) is 2. The van der Waals surface area contributed by atoms with Crippen molar-refractivity contribution in [2.24, 2.45) is 0 Å². The van der Waals surface area contributed by atoms with Crippen molar-refractivity contribution in [3.05, 3.63) is 48.5 Å². The highest BCUT2D eigenvalue weighted by molar-refractivity contribution is 6.02. The van der Waals surface area contributed by atoms with Crippen molar-refractivity contribution in [1.82, 2.24) is 0 Å². The summed E-state index contributed by atoms with van der Waals surface area (Å²) in [5.74, 6) is -0.115. The highest BCUT2D eigenvalue weighted by Gasteiger charge is 2.16. The normalized spacial score (nSPS) is 10.3. The number of carbonyl (C=O) groups excluding carboxylic acids is 3. The average Bonchev–Trinajstić information content (AvgIpc) is 2.60. The zero-order valence-corrected chi connectivity index (χ0v) is 16.5. The zero-order valence-electron chi connectivity index (χ0n) is 16.5. The topological polar surface area (TPSA) is 87.7 Å². The lowest BCUT2D eigenvalue weighted by atomic mass is 10.2. The Balaban J connectivity index is 2.06. The van der Waals surface area contributed by atoms with E-state index >= 15 is 0 Å². The molecule has 28 heavy (non-hydrogen) atoms. The largest absolute Gasteiger partial charge is 0.491 e. The molecule has 7 nitrogen and oxygen atoms in total. The van der Waals surface area contributed by atoms with Crippen LogP contribution in [-0.4, -0.2) is 30.4 Å². The lowest BCUT2D eigenvalue weighted by Gasteiger charge is -2.21. The molecule has 2 aromatic carbocycles. The Labute approximate surface area is 164 Å². The molecule has 0 aromatic heterocycles. The fraction of sp³-hybridized carbons (Fsp3) is 0.286. The van der Waals surface area contributed by atoms with Crippen LogP contribution in [0.25, 0.3) is 0 Å². The van der Waals surface area contributed by atoms with Crippen molar-refractivity contribution in [3.63, 3.8) is 0 Å². The Morgan fingerprint density at radius 2 is 1.64 bits per heavy atom. The summed E-state index contributed by atoms with van der Waals surface area (Å²) in [6, 6.07) is 13.8. The highest BCUT2D eigenvalue weighted by Crippen LogP contribution is 2.21. The first-order valence-corrected chi connectivity index (χ1v) is 8.97. The predicted molar refractivity (Wildman–Crippen MR) is 110 cm³/mol. The molecule has 148 valence electrons. The minimum atomic E-state index is -0.336. The van der Waals surface area contributed by atoms with Gasteiger partial charge in [0.05, 0.1) is 6.10 Å². The molecule has 2 rings (SSSR count). The molecule has 7 heteroatoms. The Morgan fingerprint density at radius 1 is 0.964 bits per heavy atom. The van der Waals surface area contributed by atoms with Gasteiger partial charge in [0.15, 0.2) is 0 Å². The van der Waals surface area contributed by atoms with Crippen LogP contribution in [0.2, 0.25) is 0 Å². The zero-order chi connectivity index (χ0) is 20.7. The summed E-state index contributed by atoms with van der Waals surface area (Å²) >= 11 is 0. The maximum atomic E-state index is 12.4. The quantitative estimate of drug-likeness (QED) is 0.767. The van der Waals surface area contributed by atoms with Crippen LogP contribution in [0, 0.1) is 0 Å². The highest BCUT2D eigenvalue weighted by atomic mass is 16.5. The molecular formula is C21H25N3O4. The van der Waals surface area contributed by atoms with Crippen molar-refractivity contribution in [1.29, 1.82) is 0 Å². The number of amides is 3. The first-order valence-electron chi connectivity index (χ1n) is 8.97. The van der Waals surface area contributed by atoms with Crippen LogP contribution in [0.5, 0.6) is 5.75 Å². The number of benzene rings is 2. The first-order chi connectivity index (χ1) is 13.2. The van der Waals surface area contributed by atoms with Crippen molar-refractivity contribution in [2.45, 2.75) is 33.8 Å². The van der Waals surface area contributed by atoms with Gasteiger partial charge >= 0.3 is 0 Å². The lowest BCUT2D eigenvalue weighted by molar-refractivity contribution is -0.120. The van der Waals surface area contributed by atoms with E-state index in [1.807, 2.05) is 13.8 Å². The van der Waals surface area contributed by atoms with Gasteiger partial charge in [-0.25, -0.2) is 0 Å². The molecule has 0 unspecified atom stereocenters. The summed E-state index contributed by atoms with van der Waals surface area (Å²) in [5.41, 5.74) is 1.68. The van der Waals surface area contributed by atoms with Crippen LogP contribution in [-0.2, 0) is 14.4 Å². The van der Waals surface area contributed by atoms with Crippen LogP contribution in [0.1, 0.15) is 27.7 Å². The number of rotatable bonds is 7. The molecule has 2 N–H and O–H groups in total. The molecule has 0 aliphatic rings. The third-order valence-corrected chi connectivity index (χ3v) is 3.67. The van der Waals surface area contributed by atoms with Crippen LogP contribution in [0.15, 0.2) is 48.5 Å². The van der Waals surface area contributed by atoms with Gasteiger partial charge in [-0.05, 0) is 56.3 Å². The average molecular weight is 383 g/mol. The number of hydrogen-bond donors (Lipinski definition) is 2. The van der Waals surface area contributed by atoms with E-state index in [0.717, 1.165) is 0 Å². The van der Waals surface area contributed by atoms with Crippen LogP contribution in [0.4, 0.5) is 17.1 Å². The second-order valence-electron chi connectivity index (χ2n) is 6.58. The smallest absolute Gasteiger partial charge is 0.244 e. The second kappa shape index (κ2) is 9.55. The fourth-order valence-corrected chi connectivity index (χ4v) is 2.57. The molecule has 0 heterocycles. The molecule has 0 saturated heterocycles. The Hall–Kier alpha value is -3.35. The van der Waals surface area contributed by atoms with E-state index in [9.17, 15) is 14.4 Å². The predicted octanol–water partition coefficient (Wildman–Crippen LogP) is 3.42. The Bertz CT molecular complexity index is 847. The van der Waals surface area contributed by atoms with E-state index in [0.29, 0.717) is 22.8 Å². The lowest BCUT2D eigenvalue weighted by Crippen LogP contribution is -2.36. The molecule has 2 aromatic rings. The summed E-state index contributed by atoms with van der Waals surface area (Å²) in [6.45, 7) is 6.51. The summed E-state index contributed by atoms with van der Waals surface area (Å²) < 4.78 is 5.57. The summed E-state index contributed by atoms with van der Waals surface area (Å²) in [6.07, 6.45) is 0.0674. The van der Waals surface area contributed by atoms with Gasteiger partial charge in [-0.1, -0.05) is 6.07 Å². The van der Waals surface area contributed by atoms with Crippen molar-refractivity contribution in [3.8, 4) is 5.75 Å². The molecule has 3 amide bonds. The summed E-state index contributed by atoms with van der Waals surface area (Å²) in [5, 5.41) is 5.43. The summed E-state index contributed by atoms with van der Waals surface area (Å²) in [4.78, 5) is 37.0. The van der Waals surface area contributed by atoms with Crippen molar-refractivity contribution < 1.29 is 19.1 Å².